The summed E-state index contributed by atoms with van der Waals surface area (Å²) in [5.74, 6) is 0.220. The predicted octanol–water partition coefficient (Wildman–Crippen LogP) is 3.22. The van der Waals surface area contributed by atoms with Crippen LogP contribution in [0, 0.1) is 11.2 Å². The summed E-state index contributed by atoms with van der Waals surface area (Å²) in [7, 11) is 0. The van der Waals surface area contributed by atoms with E-state index in [0.717, 1.165) is 13.0 Å². The molecule has 7 nitrogen and oxygen atoms in total. The smallest absolute Gasteiger partial charge is 0.226 e. The Kier molecular flexibility index (Phi) is 6.23. The maximum absolute atomic E-state index is 14.1. The number of rotatable bonds is 8. The van der Waals surface area contributed by atoms with Gasteiger partial charge < -0.3 is 19.1 Å². The van der Waals surface area contributed by atoms with Crippen LogP contribution >= 0.6 is 0 Å². The zero-order chi connectivity index (χ0) is 20.8. The van der Waals surface area contributed by atoms with Crippen molar-refractivity contribution in [2.45, 2.75) is 32.2 Å². The van der Waals surface area contributed by atoms with Gasteiger partial charge in [-0.15, -0.1) is 0 Å². The number of aromatic nitrogens is 3. The zero-order valence-electron chi connectivity index (χ0n) is 16.7. The van der Waals surface area contributed by atoms with Gasteiger partial charge in [0, 0.05) is 56.7 Å². The Labute approximate surface area is 174 Å². The van der Waals surface area contributed by atoms with Gasteiger partial charge >= 0.3 is 0 Å². The maximum Gasteiger partial charge on any atom is 0.226 e. The Morgan fingerprint density at radius 3 is 2.87 bits per heavy atom. The molecule has 0 spiro atoms. The Balaban J connectivity index is 1.42. The molecule has 0 unspecified atom stereocenters. The van der Waals surface area contributed by atoms with Crippen LogP contribution in [-0.2, 0) is 22.5 Å². The van der Waals surface area contributed by atoms with E-state index in [1.807, 2.05) is 10.8 Å². The predicted molar refractivity (Wildman–Crippen MR) is 108 cm³/mol. The van der Waals surface area contributed by atoms with Crippen molar-refractivity contribution in [1.29, 1.82) is 0 Å². The van der Waals surface area contributed by atoms with E-state index in [9.17, 15) is 9.18 Å². The van der Waals surface area contributed by atoms with Crippen LogP contribution in [-0.4, -0.2) is 40.4 Å². The highest BCUT2D eigenvalue weighted by Crippen LogP contribution is 2.36. The average molecular weight is 412 g/mol. The lowest BCUT2D eigenvalue weighted by molar-refractivity contribution is -0.137. The minimum absolute atomic E-state index is 0.000253. The number of hydrogen-bond acceptors (Lipinski definition) is 5. The molecule has 0 bridgehead atoms. The van der Waals surface area contributed by atoms with Crippen molar-refractivity contribution >= 4 is 5.91 Å². The number of halogens is 1. The van der Waals surface area contributed by atoms with Crippen LogP contribution in [0.3, 0.4) is 0 Å². The largest absolute Gasteiger partial charge is 0.381 e. The van der Waals surface area contributed by atoms with E-state index in [4.69, 9.17) is 9.26 Å². The second-order valence-electron chi connectivity index (χ2n) is 7.64. The Bertz CT molecular complexity index is 964. The second-order valence-corrected chi connectivity index (χ2v) is 7.64. The molecule has 158 valence electrons. The van der Waals surface area contributed by atoms with Gasteiger partial charge in [-0.05, 0) is 31.4 Å². The molecule has 1 fully saturated rings. The SMILES string of the molecule is O=C(NCCCn1ccnc1)C1(Cc2cc(-c3ccccc3F)no2)CCOCC1. The van der Waals surface area contributed by atoms with Gasteiger partial charge in [-0.3, -0.25) is 4.79 Å². The summed E-state index contributed by atoms with van der Waals surface area (Å²) in [6.45, 7) is 2.43. The molecule has 1 aliphatic rings. The van der Waals surface area contributed by atoms with Gasteiger partial charge in [-0.25, -0.2) is 9.37 Å². The van der Waals surface area contributed by atoms with Crippen molar-refractivity contribution in [2.24, 2.45) is 5.41 Å². The Hall–Kier alpha value is -3.00. The van der Waals surface area contributed by atoms with Gasteiger partial charge in [0.1, 0.15) is 17.3 Å². The molecule has 0 saturated carbocycles. The molecule has 1 saturated heterocycles. The number of hydrogen-bond donors (Lipinski definition) is 1. The van der Waals surface area contributed by atoms with Crippen LogP contribution in [0.1, 0.15) is 25.0 Å². The molecule has 4 rings (SSSR count). The summed E-state index contributed by atoms with van der Waals surface area (Å²) in [6, 6.07) is 8.16. The van der Waals surface area contributed by atoms with Gasteiger partial charge in [0.25, 0.3) is 0 Å². The number of nitrogens with zero attached hydrogens (tertiary/aromatic N) is 3. The highest BCUT2D eigenvalue weighted by Gasteiger charge is 2.41. The topological polar surface area (TPSA) is 82.2 Å². The molecular formula is C22H25FN4O3. The second kappa shape index (κ2) is 9.21. The number of carbonyl (C=O) groups excluding carboxylic acids is 1. The fraction of sp³-hybridized carbons (Fsp3) is 0.409. The standard InChI is InChI=1S/C22H25FN4O3/c23-19-5-2-1-4-18(19)20-14-17(30-26-20)15-22(6-12-29-13-7-22)21(28)25-8-3-10-27-11-9-24-16-27/h1-2,4-5,9,11,14,16H,3,6-8,10,12-13,15H2,(H,25,28). The molecule has 30 heavy (non-hydrogen) atoms. The molecule has 0 radical (unpaired) electrons. The molecule has 0 atom stereocenters. The number of imidazole rings is 1. The lowest BCUT2D eigenvalue weighted by Gasteiger charge is -2.35. The first-order chi connectivity index (χ1) is 14.7. The summed E-state index contributed by atoms with van der Waals surface area (Å²) in [4.78, 5) is 17.1. The summed E-state index contributed by atoms with van der Waals surface area (Å²) in [5.41, 5.74) is 0.211. The van der Waals surface area contributed by atoms with Gasteiger partial charge in [-0.2, -0.15) is 0 Å². The van der Waals surface area contributed by atoms with Gasteiger partial charge in [0.05, 0.1) is 11.7 Å². The molecule has 1 aliphatic heterocycles. The van der Waals surface area contributed by atoms with Crippen molar-refractivity contribution in [3.63, 3.8) is 0 Å². The summed E-state index contributed by atoms with van der Waals surface area (Å²) in [5, 5.41) is 7.09. The van der Waals surface area contributed by atoms with Crippen molar-refractivity contribution in [1.82, 2.24) is 20.0 Å². The third-order valence-electron chi connectivity index (χ3n) is 5.59. The third-order valence-corrected chi connectivity index (χ3v) is 5.59. The van der Waals surface area contributed by atoms with Crippen LogP contribution < -0.4 is 5.32 Å². The highest BCUT2D eigenvalue weighted by molar-refractivity contribution is 5.83. The molecule has 3 aromatic rings. The molecular weight excluding hydrogens is 387 g/mol. The summed E-state index contributed by atoms with van der Waals surface area (Å²) in [6.07, 6.45) is 7.84. The molecule has 0 aliphatic carbocycles. The Morgan fingerprint density at radius 1 is 1.27 bits per heavy atom. The number of nitrogens with one attached hydrogen (secondary N) is 1. The third kappa shape index (κ3) is 4.59. The zero-order valence-corrected chi connectivity index (χ0v) is 16.7. The van der Waals surface area contributed by atoms with Crippen LogP contribution in [0.2, 0.25) is 0 Å². The van der Waals surface area contributed by atoms with E-state index in [1.165, 1.54) is 6.07 Å². The number of ether oxygens (including phenoxy) is 1. The van der Waals surface area contributed by atoms with Crippen LogP contribution in [0.4, 0.5) is 4.39 Å². The summed E-state index contributed by atoms with van der Waals surface area (Å²) < 4.78 is 27.0. The monoisotopic (exact) mass is 412 g/mol. The highest BCUT2D eigenvalue weighted by atomic mass is 19.1. The molecule has 1 amide bonds. The lowest BCUT2D eigenvalue weighted by atomic mass is 9.75. The number of amides is 1. The minimum Gasteiger partial charge on any atom is -0.381 e. The van der Waals surface area contributed by atoms with E-state index in [-0.39, 0.29) is 11.7 Å². The minimum atomic E-state index is -0.612. The average Bonchev–Trinajstić information content (AvgIpc) is 3.44. The number of aryl methyl sites for hydroxylation is 1. The van der Waals surface area contributed by atoms with Crippen LogP contribution in [0.15, 0.2) is 53.6 Å². The van der Waals surface area contributed by atoms with Crippen LogP contribution in [0.5, 0.6) is 0 Å². The fourth-order valence-corrected chi connectivity index (χ4v) is 3.84. The van der Waals surface area contributed by atoms with Crippen molar-refractivity contribution in [3.05, 3.63) is 60.6 Å². The van der Waals surface area contributed by atoms with Gasteiger partial charge in [-0.1, -0.05) is 17.3 Å². The van der Waals surface area contributed by atoms with Crippen molar-refractivity contribution in [3.8, 4) is 11.3 Å². The van der Waals surface area contributed by atoms with Crippen molar-refractivity contribution in [2.75, 3.05) is 19.8 Å². The van der Waals surface area contributed by atoms with E-state index in [1.54, 1.807) is 36.8 Å². The van der Waals surface area contributed by atoms with E-state index >= 15 is 0 Å². The maximum atomic E-state index is 14.1. The normalized spacial score (nSPS) is 15.8. The lowest BCUT2D eigenvalue weighted by Crippen LogP contribution is -2.46. The first-order valence-corrected chi connectivity index (χ1v) is 10.2. The van der Waals surface area contributed by atoms with Gasteiger partial charge in [0.2, 0.25) is 5.91 Å². The van der Waals surface area contributed by atoms with E-state index < -0.39 is 5.41 Å². The summed E-state index contributed by atoms with van der Waals surface area (Å²) >= 11 is 0. The molecule has 8 heteroatoms. The van der Waals surface area contributed by atoms with Crippen molar-refractivity contribution < 1.29 is 18.4 Å². The number of carbonyl (C=O) groups is 1. The molecule has 1 N–H and O–H groups in total. The molecule has 3 heterocycles. The molecule has 2 aromatic heterocycles. The quantitative estimate of drug-likeness (QED) is 0.575. The van der Waals surface area contributed by atoms with E-state index in [0.29, 0.717) is 56.0 Å². The fourth-order valence-electron chi connectivity index (χ4n) is 3.84. The first kappa shape index (κ1) is 20.3. The number of benzene rings is 1. The van der Waals surface area contributed by atoms with Crippen LogP contribution in [0.25, 0.3) is 11.3 Å². The first-order valence-electron chi connectivity index (χ1n) is 10.2. The molecule has 1 aromatic carbocycles. The Morgan fingerprint density at radius 2 is 2.10 bits per heavy atom. The van der Waals surface area contributed by atoms with E-state index in [2.05, 4.69) is 15.5 Å². The van der Waals surface area contributed by atoms with Gasteiger partial charge in [0.15, 0.2) is 0 Å².